The van der Waals surface area contributed by atoms with Gasteiger partial charge in [-0.15, -0.1) is 0 Å². The molecule has 0 heterocycles. The van der Waals surface area contributed by atoms with Gasteiger partial charge in [0.2, 0.25) is 0 Å². The number of hydrogen-bond acceptors (Lipinski definition) is 5. The first kappa shape index (κ1) is 20.0. The van der Waals surface area contributed by atoms with Gasteiger partial charge in [0, 0.05) is 25.9 Å². The normalized spacial score (nSPS) is 19.8. The molecule has 3 aliphatic rings. The predicted molar refractivity (Wildman–Crippen MR) is 115 cm³/mol. The predicted octanol–water partition coefficient (Wildman–Crippen LogP) is 3.58. The van der Waals surface area contributed by atoms with E-state index in [9.17, 15) is 4.79 Å². The lowest BCUT2D eigenvalue weighted by molar-refractivity contribution is -0.119. The molecule has 0 aromatic carbocycles. The lowest BCUT2D eigenvalue weighted by Gasteiger charge is -2.23. The summed E-state index contributed by atoms with van der Waals surface area (Å²) < 4.78 is 0. The largest absolute Gasteiger partial charge is 0.295 e. The average Bonchev–Trinajstić information content (AvgIpc) is 3.49. The number of nitrogens with one attached hydrogen (secondary N) is 2. The molecule has 5 nitrogen and oxygen atoms in total. The Kier molecular flexibility index (Phi) is 6.93. The minimum absolute atomic E-state index is 0.116. The number of hydrogen-bond donors (Lipinski definition) is 2. The second-order valence-corrected chi connectivity index (χ2v) is 9.23. The fourth-order valence-corrected chi connectivity index (χ4v) is 3.96. The number of allylic oxidation sites excluding steroid dienone is 1. The second-order valence-electron chi connectivity index (χ2n) is 7.57. The van der Waals surface area contributed by atoms with Gasteiger partial charge in [-0.05, 0) is 56.4 Å². The van der Waals surface area contributed by atoms with Crippen LogP contribution in [0.3, 0.4) is 0 Å². The van der Waals surface area contributed by atoms with Crippen molar-refractivity contribution in [3.63, 3.8) is 0 Å². The van der Waals surface area contributed by atoms with Crippen LogP contribution in [-0.2, 0) is 4.79 Å². The van der Waals surface area contributed by atoms with Gasteiger partial charge in [0.1, 0.15) is 0 Å². The molecule has 3 aliphatic carbocycles. The van der Waals surface area contributed by atoms with Gasteiger partial charge in [-0.2, -0.15) is 4.83 Å². The van der Waals surface area contributed by atoms with E-state index in [1.807, 2.05) is 25.2 Å². The molecule has 0 atom stereocenters. The van der Waals surface area contributed by atoms with Crippen LogP contribution in [0.4, 0.5) is 0 Å². The summed E-state index contributed by atoms with van der Waals surface area (Å²) in [6.07, 6.45) is 11.4. The third kappa shape index (κ3) is 6.18. The number of carbonyl (C=O) groups excluding carboxylic acids is 1. The van der Waals surface area contributed by atoms with Crippen molar-refractivity contribution in [3.05, 3.63) is 11.0 Å². The summed E-state index contributed by atoms with van der Waals surface area (Å²) in [4.78, 5) is 18.3. The highest BCUT2D eigenvalue weighted by Crippen LogP contribution is 2.34. The third-order valence-electron chi connectivity index (χ3n) is 4.90. The Hall–Kier alpha value is -0.700. The molecule has 0 saturated heterocycles. The van der Waals surface area contributed by atoms with E-state index in [-0.39, 0.29) is 5.91 Å². The summed E-state index contributed by atoms with van der Waals surface area (Å²) in [5, 5.41) is 3.56. The van der Waals surface area contributed by atoms with Crippen molar-refractivity contribution < 1.29 is 4.79 Å². The van der Waals surface area contributed by atoms with Gasteiger partial charge in [0.05, 0.1) is 14.9 Å². The van der Waals surface area contributed by atoms with E-state index in [0.29, 0.717) is 16.7 Å². The SMILES string of the molecule is CN(NSC(=CCCC1CC1)C(=O)NN(C)C(=S)C1CC1)C(=S)C1CC1. The molecule has 26 heavy (non-hydrogen) atoms. The number of rotatable bonds is 9. The summed E-state index contributed by atoms with van der Waals surface area (Å²) in [6, 6.07) is 0. The monoisotopic (exact) mass is 412 g/mol. The van der Waals surface area contributed by atoms with Gasteiger partial charge in [-0.25, -0.2) is 0 Å². The van der Waals surface area contributed by atoms with Gasteiger partial charge >= 0.3 is 0 Å². The van der Waals surface area contributed by atoms with Crippen molar-refractivity contribution in [2.45, 2.75) is 51.4 Å². The van der Waals surface area contributed by atoms with Crippen molar-refractivity contribution in [3.8, 4) is 0 Å². The van der Waals surface area contributed by atoms with Gasteiger partial charge < -0.3 is 0 Å². The van der Waals surface area contributed by atoms with Crippen LogP contribution in [0.2, 0.25) is 0 Å². The van der Waals surface area contributed by atoms with Crippen LogP contribution < -0.4 is 10.3 Å². The van der Waals surface area contributed by atoms with Gasteiger partial charge in [0.25, 0.3) is 5.91 Å². The van der Waals surface area contributed by atoms with Gasteiger partial charge in [-0.3, -0.25) is 20.2 Å². The maximum atomic E-state index is 12.7. The smallest absolute Gasteiger partial charge is 0.277 e. The molecule has 0 spiro atoms. The molecule has 3 rings (SSSR count). The van der Waals surface area contributed by atoms with E-state index in [1.165, 1.54) is 37.6 Å². The van der Waals surface area contributed by atoms with Crippen LogP contribution in [0.1, 0.15) is 51.4 Å². The van der Waals surface area contributed by atoms with Crippen molar-refractivity contribution in [2.24, 2.45) is 17.8 Å². The van der Waals surface area contributed by atoms with Crippen LogP contribution in [-0.4, -0.2) is 40.0 Å². The zero-order valence-electron chi connectivity index (χ0n) is 15.5. The minimum atomic E-state index is -0.116. The molecule has 0 unspecified atom stereocenters. The standard InChI is InChI=1S/C18H28N4OS3/c1-21(17(24)13-8-9-13)19-16(23)15(5-3-4-12-6-7-12)26-20-22(2)18(25)14-10-11-14/h5,12-14,20H,3-4,6-11H2,1-2H3,(H,19,23). The Morgan fingerprint density at radius 3 is 2.15 bits per heavy atom. The molecular weight excluding hydrogens is 384 g/mol. The summed E-state index contributed by atoms with van der Waals surface area (Å²) in [5.41, 5.74) is 2.92. The van der Waals surface area contributed by atoms with Crippen LogP contribution in [0.15, 0.2) is 11.0 Å². The van der Waals surface area contributed by atoms with Gasteiger partial charge in [-0.1, -0.05) is 43.4 Å². The molecule has 0 aromatic heterocycles. The molecule has 0 aromatic rings. The van der Waals surface area contributed by atoms with Crippen molar-refractivity contribution in [1.82, 2.24) is 20.3 Å². The maximum Gasteiger partial charge on any atom is 0.277 e. The zero-order chi connectivity index (χ0) is 18.7. The van der Waals surface area contributed by atoms with Crippen molar-refractivity contribution >= 4 is 52.3 Å². The molecule has 2 N–H and O–H groups in total. The number of thiocarbonyl (C=S) groups is 2. The molecule has 8 heteroatoms. The Morgan fingerprint density at radius 1 is 1.04 bits per heavy atom. The number of hydrazine groups is 2. The Morgan fingerprint density at radius 2 is 1.62 bits per heavy atom. The van der Waals surface area contributed by atoms with Crippen LogP contribution >= 0.6 is 36.4 Å². The fraction of sp³-hybridized carbons (Fsp3) is 0.722. The second kappa shape index (κ2) is 8.99. The fourth-order valence-electron chi connectivity index (χ4n) is 2.67. The Bertz CT molecular complexity index is 597. The molecule has 0 aliphatic heterocycles. The third-order valence-corrected chi connectivity index (χ3v) is 7.05. The van der Waals surface area contributed by atoms with Crippen molar-refractivity contribution in [1.29, 1.82) is 0 Å². The van der Waals surface area contributed by atoms with Crippen molar-refractivity contribution in [2.75, 3.05) is 14.1 Å². The number of amides is 1. The summed E-state index contributed by atoms with van der Waals surface area (Å²) in [7, 11) is 3.74. The summed E-state index contributed by atoms with van der Waals surface area (Å²) >= 11 is 12.2. The minimum Gasteiger partial charge on any atom is -0.295 e. The lowest BCUT2D eigenvalue weighted by atomic mass is 10.2. The highest BCUT2D eigenvalue weighted by Gasteiger charge is 2.30. The summed E-state index contributed by atoms with van der Waals surface area (Å²) in [5.74, 6) is 1.70. The first-order valence-electron chi connectivity index (χ1n) is 9.44. The van der Waals surface area contributed by atoms with E-state index < -0.39 is 0 Å². The molecule has 0 bridgehead atoms. The van der Waals surface area contributed by atoms with E-state index >= 15 is 0 Å². The quantitative estimate of drug-likeness (QED) is 0.260. The molecular formula is C18H28N4OS3. The molecule has 3 fully saturated rings. The Balaban J connectivity index is 1.52. The first-order valence-corrected chi connectivity index (χ1v) is 11.1. The van der Waals surface area contributed by atoms with E-state index in [4.69, 9.17) is 24.4 Å². The van der Waals surface area contributed by atoms with E-state index in [0.717, 1.165) is 41.6 Å². The molecule has 3 saturated carbocycles. The lowest BCUT2D eigenvalue weighted by Crippen LogP contribution is -2.44. The average molecular weight is 413 g/mol. The Labute approximate surface area is 171 Å². The molecule has 1 amide bonds. The van der Waals surface area contributed by atoms with Gasteiger partial charge in [0.15, 0.2) is 0 Å². The van der Waals surface area contributed by atoms with E-state index in [2.05, 4.69) is 10.3 Å². The molecule has 0 radical (unpaired) electrons. The molecule has 144 valence electrons. The van der Waals surface area contributed by atoms with E-state index in [1.54, 1.807) is 5.01 Å². The maximum absolute atomic E-state index is 12.7. The number of carbonyl (C=O) groups is 1. The highest BCUT2D eigenvalue weighted by atomic mass is 32.2. The topological polar surface area (TPSA) is 47.6 Å². The van der Waals surface area contributed by atoms with Crippen LogP contribution in [0, 0.1) is 17.8 Å². The highest BCUT2D eigenvalue weighted by molar-refractivity contribution is 8.02. The number of nitrogens with zero attached hydrogens (tertiary/aromatic N) is 2. The zero-order valence-corrected chi connectivity index (χ0v) is 17.9. The van der Waals surface area contributed by atoms with Crippen LogP contribution in [0.5, 0.6) is 0 Å². The van der Waals surface area contributed by atoms with Crippen LogP contribution in [0.25, 0.3) is 0 Å². The summed E-state index contributed by atoms with van der Waals surface area (Å²) in [6.45, 7) is 0. The first-order chi connectivity index (χ1) is 12.5.